The maximum Gasteiger partial charge on any atom is 0.138 e. The fourth-order valence-corrected chi connectivity index (χ4v) is 1.60. The maximum absolute atomic E-state index is 5.77. The molecule has 0 saturated heterocycles. The maximum atomic E-state index is 5.77. The highest BCUT2D eigenvalue weighted by Crippen LogP contribution is 2.26. The van der Waals surface area contributed by atoms with E-state index < -0.39 is 0 Å². The van der Waals surface area contributed by atoms with Crippen molar-refractivity contribution in [1.82, 2.24) is 0 Å². The molecule has 1 aromatic carbocycles. The molecule has 0 aliphatic carbocycles. The standard InChI is InChI=1S/C13H17NO2/c1-8(2)15-11-5-4-10-6-12(9(3)14)16-13(10)7-11/h4-9H,14H2,1-3H3. The van der Waals surface area contributed by atoms with Crippen LogP contribution in [0.3, 0.4) is 0 Å². The van der Waals surface area contributed by atoms with Gasteiger partial charge in [0.15, 0.2) is 0 Å². The van der Waals surface area contributed by atoms with Gasteiger partial charge >= 0.3 is 0 Å². The van der Waals surface area contributed by atoms with Gasteiger partial charge in [0, 0.05) is 11.5 Å². The minimum absolute atomic E-state index is 0.0816. The zero-order chi connectivity index (χ0) is 11.7. The third-order valence-electron chi connectivity index (χ3n) is 2.33. The van der Waals surface area contributed by atoms with Crippen molar-refractivity contribution in [2.24, 2.45) is 5.73 Å². The molecule has 0 saturated carbocycles. The van der Waals surface area contributed by atoms with E-state index in [1.165, 1.54) is 0 Å². The number of hydrogen-bond acceptors (Lipinski definition) is 3. The van der Waals surface area contributed by atoms with E-state index in [4.69, 9.17) is 14.9 Å². The zero-order valence-electron chi connectivity index (χ0n) is 9.86. The lowest BCUT2D eigenvalue weighted by molar-refractivity contribution is 0.242. The van der Waals surface area contributed by atoms with Gasteiger partial charge in [0.2, 0.25) is 0 Å². The van der Waals surface area contributed by atoms with Crippen LogP contribution in [0.1, 0.15) is 32.6 Å². The van der Waals surface area contributed by atoms with Crippen LogP contribution >= 0.6 is 0 Å². The summed E-state index contributed by atoms with van der Waals surface area (Å²) in [5.41, 5.74) is 6.60. The predicted molar refractivity (Wildman–Crippen MR) is 64.6 cm³/mol. The van der Waals surface area contributed by atoms with Crippen LogP contribution < -0.4 is 10.5 Å². The second-order valence-corrected chi connectivity index (χ2v) is 4.30. The molecule has 0 amide bonds. The average Bonchev–Trinajstić information content (AvgIpc) is 2.59. The molecule has 0 radical (unpaired) electrons. The normalized spacial score (nSPS) is 13.3. The first-order valence-corrected chi connectivity index (χ1v) is 5.52. The van der Waals surface area contributed by atoms with Crippen molar-refractivity contribution >= 4 is 11.0 Å². The van der Waals surface area contributed by atoms with Crippen LogP contribution in [0, 0.1) is 0 Å². The SMILES string of the molecule is CC(C)Oc1ccc2cc(C(C)N)oc2c1. The van der Waals surface area contributed by atoms with Crippen molar-refractivity contribution in [1.29, 1.82) is 0 Å². The van der Waals surface area contributed by atoms with Crippen molar-refractivity contribution in [3.8, 4) is 5.75 Å². The smallest absolute Gasteiger partial charge is 0.138 e. The Kier molecular flexibility index (Phi) is 2.88. The summed E-state index contributed by atoms with van der Waals surface area (Å²) in [6.07, 6.45) is 0.167. The van der Waals surface area contributed by atoms with Gasteiger partial charge < -0.3 is 14.9 Å². The first-order chi connectivity index (χ1) is 7.56. The number of fused-ring (bicyclic) bond motifs is 1. The quantitative estimate of drug-likeness (QED) is 0.862. The molecule has 2 N–H and O–H groups in total. The van der Waals surface area contributed by atoms with Crippen molar-refractivity contribution in [2.75, 3.05) is 0 Å². The topological polar surface area (TPSA) is 48.4 Å². The molecule has 0 spiro atoms. The first kappa shape index (κ1) is 11.0. The summed E-state index contributed by atoms with van der Waals surface area (Å²) in [6.45, 7) is 5.91. The van der Waals surface area contributed by atoms with Crippen molar-refractivity contribution in [2.45, 2.75) is 32.9 Å². The molecule has 1 heterocycles. The van der Waals surface area contributed by atoms with Gasteiger partial charge in [0.25, 0.3) is 0 Å². The lowest BCUT2D eigenvalue weighted by atomic mass is 10.2. The van der Waals surface area contributed by atoms with Gasteiger partial charge in [-0.15, -0.1) is 0 Å². The number of benzene rings is 1. The average molecular weight is 219 g/mol. The molecule has 0 aliphatic heterocycles. The van der Waals surface area contributed by atoms with Crippen LogP contribution in [0.15, 0.2) is 28.7 Å². The Labute approximate surface area is 95.2 Å². The van der Waals surface area contributed by atoms with Gasteiger partial charge in [0.1, 0.15) is 17.1 Å². The van der Waals surface area contributed by atoms with Gasteiger partial charge in [-0.1, -0.05) is 0 Å². The van der Waals surface area contributed by atoms with Crippen molar-refractivity contribution < 1.29 is 9.15 Å². The van der Waals surface area contributed by atoms with Gasteiger partial charge in [-0.2, -0.15) is 0 Å². The van der Waals surface area contributed by atoms with E-state index in [0.717, 1.165) is 22.5 Å². The summed E-state index contributed by atoms with van der Waals surface area (Å²) in [5, 5.41) is 1.06. The Morgan fingerprint density at radius 3 is 2.56 bits per heavy atom. The molecule has 0 fully saturated rings. The summed E-state index contributed by atoms with van der Waals surface area (Å²) >= 11 is 0. The van der Waals surface area contributed by atoms with Gasteiger partial charge in [-0.3, -0.25) is 0 Å². The van der Waals surface area contributed by atoms with Crippen molar-refractivity contribution in [3.63, 3.8) is 0 Å². The van der Waals surface area contributed by atoms with Crippen LogP contribution in [0.2, 0.25) is 0 Å². The summed E-state index contributed by atoms with van der Waals surface area (Å²) in [5.74, 6) is 1.63. The zero-order valence-corrected chi connectivity index (χ0v) is 9.86. The highest BCUT2D eigenvalue weighted by molar-refractivity contribution is 5.79. The molecular formula is C13H17NO2. The lowest BCUT2D eigenvalue weighted by Crippen LogP contribution is -2.04. The van der Waals surface area contributed by atoms with E-state index in [2.05, 4.69) is 0 Å². The molecule has 1 atom stereocenters. The largest absolute Gasteiger partial charge is 0.491 e. The third kappa shape index (κ3) is 2.19. The number of hydrogen-bond donors (Lipinski definition) is 1. The molecule has 86 valence electrons. The van der Waals surface area contributed by atoms with Crippen LogP contribution in [0.4, 0.5) is 0 Å². The Bertz CT molecular complexity index is 486. The molecular weight excluding hydrogens is 202 g/mol. The van der Waals surface area contributed by atoms with E-state index >= 15 is 0 Å². The Morgan fingerprint density at radius 1 is 1.19 bits per heavy atom. The minimum Gasteiger partial charge on any atom is -0.491 e. The molecule has 0 aliphatic rings. The highest BCUT2D eigenvalue weighted by atomic mass is 16.5. The molecule has 3 heteroatoms. The van der Waals surface area contributed by atoms with Crippen LogP contribution in [0.5, 0.6) is 5.75 Å². The second kappa shape index (κ2) is 4.18. The van der Waals surface area contributed by atoms with Crippen molar-refractivity contribution in [3.05, 3.63) is 30.0 Å². The molecule has 1 aromatic heterocycles. The number of furan rings is 1. The highest BCUT2D eigenvalue weighted by Gasteiger charge is 2.08. The van der Waals surface area contributed by atoms with E-state index in [0.29, 0.717) is 0 Å². The summed E-state index contributed by atoms with van der Waals surface area (Å²) in [4.78, 5) is 0. The summed E-state index contributed by atoms with van der Waals surface area (Å²) in [6, 6.07) is 7.73. The molecule has 16 heavy (non-hydrogen) atoms. The molecule has 1 unspecified atom stereocenters. The third-order valence-corrected chi connectivity index (χ3v) is 2.33. The first-order valence-electron chi connectivity index (χ1n) is 5.52. The Hall–Kier alpha value is -1.48. The number of ether oxygens (including phenoxy) is 1. The van der Waals surface area contributed by atoms with Crippen LogP contribution in [-0.2, 0) is 0 Å². The number of nitrogens with two attached hydrogens (primary N) is 1. The van der Waals surface area contributed by atoms with E-state index in [1.807, 2.05) is 45.0 Å². The van der Waals surface area contributed by atoms with Gasteiger partial charge in [0.05, 0.1) is 12.1 Å². The monoisotopic (exact) mass is 219 g/mol. The van der Waals surface area contributed by atoms with Gasteiger partial charge in [-0.25, -0.2) is 0 Å². The second-order valence-electron chi connectivity index (χ2n) is 4.30. The predicted octanol–water partition coefficient (Wildman–Crippen LogP) is 3.24. The Balaban J connectivity index is 2.38. The van der Waals surface area contributed by atoms with E-state index in [1.54, 1.807) is 0 Å². The van der Waals surface area contributed by atoms with E-state index in [9.17, 15) is 0 Å². The lowest BCUT2D eigenvalue weighted by Gasteiger charge is -2.08. The molecule has 0 bridgehead atoms. The number of rotatable bonds is 3. The van der Waals surface area contributed by atoms with Gasteiger partial charge in [-0.05, 0) is 39.0 Å². The van der Waals surface area contributed by atoms with Crippen LogP contribution in [0.25, 0.3) is 11.0 Å². The molecule has 2 rings (SSSR count). The minimum atomic E-state index is -0.0816. The summed E-state index contributed by atoms with van der Waals surface area (Å²) in [7, 11) is 0. The fraction of sp³-hybridized carbons (Fsp3) is 0.385. The fourth-order valence-electron chi connectivity index (χ4n) is 1.60. The molecule has 3 nitrogen and oxygen atoms in total. The molecule has 2 aromatic rings. The van der Waals surface area contributed by atoms with E-state index in [-0.39, 0.29) is 12.1 Å². The summed E-state index contributed by atoms with van der Waals surface area (Å²) < 4.78 is 11.2. The Morgan fingerprint density at radius 2 is 1.94 bits per heavy atom. The van der Waals surface area contributed by atoms with Crippen LogP contribution in [-0.4, -0.2) is 6.10 Å².